The smallest absolute Gasteiger partial charge is 0.257 e. The summed E-state index contributed by atoms with van der Waals surface area (Å²) in [6.45, 7) is 0. The van der Waals surface area contributed by atoms with Gasteiger partial charge in [-0.05, 0) is 0 Å². The lowest BCUT2D eigenvalue weighted by Crippen LogP contribution is -2.20. The minimum absolute atomic E-state index is 0. The zero-order valence-corrected chi connectivity index (χ0v) is 8.07. The number of hydrogen-bond acceptors (Lipinski definition) is 2. The van der Waals surface area contributed by atoms with Crippen LogP contribution >= 0.6 is 12.4 Å². The van der Waals surface area contributed by atoms with Crippen molar-refractivity contribution in [2.75, 3.05) is 0 Å². The molecule has 86 valence electrons. The summed E-state index contributed by atoms with van der Waals surface area (Å²) in [6, 6.07) is -1.05. The van der Waals surface area contributed by atoms with Gasteiger partial charge in [0.05, 0.1) is 11.6 Å². The van der Waals surface area contributed by atoms with E-state index in [0.29, 0.717) is 12.1 Å². The second-order valence-electron chi connectivity index (χ2n) is 2.68. The Balaban J connectivity index is 0.00000196. The molecule has 1 aromatic rings. The average Bonchev–Trinajstić information content (AvgIpc) is 2.01. The van der Waals surface area contributed by atoms with Crippen LogP contribution in [0.1, 0.15) is 11.6 Å². The van der Waals surface area contributed by atoms with Crippen LogP contribution < -0.4 is 5.73 Å². The predicted octanol–water partition coefficient (Wildman–Crippen LogP) is 2.36. The molecule has 0 fully saturated rings. The molecule has 1 aromatic carbocycles. The highest BCUT2D eigenvalue weighted by Crippen LogP contribution is 2.30. The molecule has 0 spiro atoms. The van der Waals surface area contributed by atoms with Gasteiger partial charge in [0.1, 0.15) is 17.4 Å². The molecular weight excluding hydrogens is 238 g/mol. The summed E-state index contributed by atoms with van der Waals surface area (Å²) in [4.78, 5) is 0. The van der Waals surface area contributed by atoms with Crippen LogP contribution in [-0.4, -0.2) is 11.5 Å². The molecule has 1 atom stereocenters. The molecule has 0 aliphatic carbocycles. The third kappa shape index (κ3) is 2.97. The summed E-state index contributed by atoms with van der Waals surface area (Å²) in [7, 11) is 0. The van der Waals surface area contributed by atoms with Gasteiger partial charge >= 0.3 is 0 Å². The molecule has 7 heteroatoms. The molecule has 0 saturated carbocycles. The molecular formula is C8H8ClF4NO. The SMILES string of the molecule is Cl.N[C@H](c1c(O)cc(F)cc1F)C(F)F. The van der Waals surface area contributed by atoms with E-state index in [1.54, 1.807) is 0 Å². The van der Waals surface area contributed by atoms with Crippen molar-refractivity contribution in [2.45, 2.75) is 12.5 Å². The number of phenols is 1. The number of halogens is 5. The molecule has 0 saturated heterocycles. The van der Waals surface area contributed by atoms with Crippen LogP contribution in [0, 0.1) is 11.6 Å². The highest BCUT2D eigenvalue weighted by Gasteiger charge is 2.25. The minimum Gasteiger partial charge on any atom is -0.507 e. The standard InChI is InChI=1S/C8H7F4NO.ClH/c9-3-1-4(10)6(5(14)2-3)7(13)8(11)12;/h1-2,7-8,14H,13H2;1H/t7-;/m1./s1. The first kappa shape index (κ1) is 14.0. The Morgan fingerprint density at radius 2 is 1.73 bits per heavy atom. The molecule has 0 bridgehead atoms. The molecule has 15 heavy (non-hydrogen) atoms. The molecule has 0 heterocycles. The van der Waals surface area contributed by atoms with E-state index >= 15 is 0 Å². The van der Waals surface area contributed by atoms with Crippen LogP contribution in [0.5, 0.6) is 5.75 Å². The van der Waals surface area contributed by atoms with Crippen molar-refractivity contribution < 1.29 is 22.7 Å². The highest BCUT2D eigenvalue weighted by molar-refractivity contribution is 5.85. The van der Waals surface area contributed by atoms with E-state index in [-0.39, 0.29) is 12.4 Å². The summed E-state index contributed by atoms with van der Waals surface area (Å²) in [5, 5.41) is 9.00. The summed E-state index contributed by atoms with van der Waals surface area (Å²) < 4.78 is 49.5. The third-order valence-corrected chi connectivity index (χ3v) is 1.68. The third-order valence-electron chi connectivity index (χ3n) is 1.68. The van der Waals surface area contributed by atoms with Gasteiger partial charge in [-0.2, -0.15) is 0 Å². The summed E-state index contributed by atoms with van der Waals surface area (Å²) in [6.07, 6.45) is -3.03. The van der Waals surface area contributed by atoms with Crippen molar-refractivity contribution in [1.82, 2.24) is 0 Å². The molecule has 0 unspecified atom stereocenters. The number of hydrogen-bond donors (Lipinski definition) is 2. The van der Waals surface area contributed by atoms with Gasteiger partial charge in [-0.15, -0.1) is 12.4 Å². The predicted molar refractivity (Wildman–Crippen MR) is 48.2 cm³/mol. The van der Waals surface area contributed by atoms with Crippen LogP contribution in [0.25, 0.3) is 0 Å². The Hall–Kier alpha value is -1.01. The van der Waals surface area contributed by atoms with Gasteiger partial charge in [-0.3, -0.25) is 0 Å². The first-order valence-corrected chi connectivity index (χ1v) is 3.65. The molecule has 3 N–H and O–H groups in total. The van der Waals surface area contributed by atoms with E-state index in [4.69, 9.17) is 10.8 Å². The lowest BCUT2D eigenvalue weighted by atomic mass is 10.1. The number of benzene rings is 1. The van der Waals surface area contributed by atoms with Crippen LogP contribution in [0.3, 0.4) is 0 Å². The number of phenolic OH excluding ortho intramolecular Hbond substituents is 1. The minimum atomic E-state index is -3.03. The molecule has 2 nitrogen and oxygen atoms in total. The van der Waals surface area contributed by atoms with Crippen molar-refractivity contribution in [3.63, 3.8) is 0 Å². The Bertz CT molecular complexity index is 324. The normalized spacial score (nSPS) is 12.4. The van der Waals surface area contributed by atoms with Gasteiger partial charge in [0, 0.05) is 12.1 Å². The van der Waals surface area contributed by atoms with Gasteiger partial charge in [-0.1, -0.05) is 0 Å². The number of aromatic hydroxyl groups is 1. The second kappa shape index (κ2) is 5.18. The fraction of sp³-hybridized carbons (Fsp3) is 0.250. The van der Waals surface area contributed by atoms with Crippen molar-refractivity contribution in [3.05, 3.63) is 29.3 Å². The largest absolute Gasteiger partial charge is 0.507 e. The zero-order chi connectivity index (χ0) is 10.9. The Labute approximate surface area is 89.1 Å². The highest BCUT2D eigenvalue weighted by atomic mass is 35.5. The summed E-state index contributed by atoms with van der Waals surface area (Å²) >= 11 is 0. The fourth-order valence-electron chi connectivity index (χ4n) is 1.03. The second-order valence-corrected chi connectivity index (χ2v) is 2.68. The van der Waals surface area contributed by atoms with E-state index in [1.165, 1.54) is 0 Å². The summed E-state index contributed by atoms with van der Waals surface area (Å²) in [5.41, 5.74) is 4.14. The molecule has 0 aromatic heterocycles. The van der Waals surface area contributed by atoms with Crippen LogP contribution in [0.2, 0.25) is 0 Å². The lowest BCUT2D eigenvalue weighted by molar-refractivity contribution is 0.113. The van der Waals surface area contributed by atoms with Gasteiger partial charge in [0.25, 0.3) is 6.43 Å². The van der Waals surface area contributed by atoms with Gasteiger partial charge in [0.2, 0.25) is 0 Å². The van der Waals surface area contributed by atoms with Crippen LogP contribution in [-0.2, 0) is 0 Å². The Kier molecular flexibility index (Phi) is 4.83. The number of nitrogens with two attached hydrogens (primary N) is 1. The van der Waals surface area contributed by atoms with E-state index in [1.807, 2.05) is 0 Å². The molecule has 0 radical (unpaired) electrons. The lowest BCUT2D eigenvalue weighted by Gasteiger charge is -2.13. The molecule has 1 rings (SSSR count). The van der Waals surface area contributed by atoms with Crippen molar-refractivity contribution in [1.29, 1.82) is 0 Å². The van der Waals surface area contributed by atoms with E-state index in [9.17, 15) is 17.6 Å². The van der Waals surface area contributed by atoms with Crippen LogP contribution in [0.4, 0.5) is 17.6 Å². The first-order valence-electron chi connectivity index (χ1n) is 3.65. The average molecular weight is 246 g/mol. The van der Waals surface area contributed by atoms with E-state index in [2.05, 4.69) is 0 Å². The number of alkyl halides is 2. The molecule has 0 aliphatic rings. The van der Waals surface area contributed by atoms with E-state index in [0.717, 1.165) is 0 Å². The van der Waals surface area contributed by atoms with Gasteiger partial charge in [-0.25, -0.2) is 17.6 Å². The Morgan fingerprint density at radius 1 is 1.20 bits per heavy atom. The van der Waals surface area contributed by atoms with Gasteiger partial charge < -0.3 is 10.8 Å². The van der Waals surface area contributed by atoms with Crippen molar-refractivity contribution in [2.24, 2.45) is 5.73 Å². The van der Waals surface area contributed by atoms with E-state index < -0.39 is 35.4 Å². The van der Waals surface area contributed by atoms with Crippen LogP contribution in [0.15, 0.2) is 12.1 Å². The Morgan fingerprint density at radius 3 is 2.13 bits per heavy atom. The molecule has 0 amide bonds. The molecule has 0 aliphatic heterocycles. The van der Waals surface area contributed by atoms with Gasteiger partial charge in [0.15, 0.2) is 0 Å². The maximum absolute atomic E-state index is 12.9. The first-order chi connectivity index (χ1) is 6.43. The number of rotatable bonds is 2. The summed E-state index contributed by atoms with van der Waals surface area (Å²) in [5.74, 6) is -3.24. The maximum Gasteiger partial charge on any atom is 0.257 e. The van der Waals surface area contributed by atoms with Crippen molar-refractivity contribution in [3.8, 4) is 5.75 Å². The quantitative estimate of drug-likeness (QED) is 0.786. The topological polar surface area (TPSA) is 46.2 Å². The monoisotopic (exact) mass is 245 g/mol. The van der Waals surface area contributed by atoms with Crippen molar-refractivity contribution >= 4 is 12.4 Å². The fourth-order valence-corrected chi connectivity index (χ4v) is 1.03. The zero-order valence-electron chi connectivity index (χ0n) is 7.25. The maximum atomic E-state index is 12.9.